The van der Waals surface area contributed by atoms with Crippen molar-refractivity contribution in [1.29, 1.82) is 0 Å². The zero-order valence-corrected chi connectivity index (χ0v) is 19.0. The molecule has 174 valence electrons. The highest BCUT2D eigenvalue weighted by atomic mass is 16.6. The van der Waals surface area contributed by atoms with Gasteiger partial charge in [0.05, 0.1) is 17.7 Å². The number of ether oxygens (including phenoxy) is 2. The van der Waals surface area contributed by atoms with Crippen molar-refractivity contribution in [2.75, 3.05) is 6.61 Å². The quantitative estimate of drug-likeness (QED) is 0.333. The number of fused-ring (bicyclic) bond motifs is 1. The molecule has 2 aromatic carbocycles. The van der Waals surface area contributed by atoms with E-state index in [1.807, 2.05) is 19.1 Å². The summed E-state index contributed by atoms with van der Waals surface area (Å²) < 4.78 is 11.6. The lowest BCUT2D eigenvalue weighted by molar-refractivity contribution is -0.384. The number of amides is 1. The van der Waals surface area contributed by atoms with Gasteiger partial charge in [-0.3, -0.25) is 14.9 Å². The molecule has 0 saturated heterocycles. The van der Waals surface area contributed by atoms with Crippen molar-refractivity contribution < 1.29 is 19.2 Å². The van der Waals surface area contributed by atoms with E-state index in [0.29, 0.717) is 24.0 Å². The van der Waals surface area contributed by atoms with Crippen molar-refractivity contribution in [1.82, 2.24) is 5.43 Å². The van der Waals surface area contributed by atoms with Gasteiger partial charge in [0.25, 0.3) is 5.69 Å². The highest BCUT2D eigenvalue weighted by Gasteiger charge is 2.64. The number of benzene rings is 2. The van der Waals surface area contributed by atoms with Gasteiger partial charge in [0.15, 0.2) is 11.5 Å². The molecule has 0 heterocycles. The summed E-state index contributed by atoms with van der Waals surface area (Å²) in [5, 5.41) is 14.9. The molecule has 0 bridgehead atoms. The van der Waals surface area contributed by atoms with Crippen LogP contribution in [-0.2, 0) is 11.4 Å². The molecule has 0 aromatic heterocycles. The van der Waals surface area contributed by atoms with Gasteiger partial charge in [-0.1, -0.05) is 19.8 Å². The maximum absolute atomic E-state index is 12.6. The summed E-state index contributed by atoms with van der Waals surface area (Å²) in [7, 11) is 0. The molecule has 2 aliphatic carbocycles. The molecule has 2 saturated carbocycles. The molecular weight excluding hydrogens is 422 g/mol. The standard InChI is InChI=1S/C25H29N3O5/c1-3-32-22-14-18(15-26-27-24(29)23-20-6-4-5-13-25(20,23)2)9-12-21(22)33-16-17-7-10-19(11-8-17)28(30)31/h7-12,14-15,20,23H,3-6,13,16H2,1-2H3,(H,27,29)/b26-15+/t20-,23-,25-/m0/s1. The lowest BCUT2D eigenvalue weighted by atomic mass is 9.90. The van der Waals surface area contributed by atoms with Crippen LogP contribution in [0.4, 0.5) is 5.69 Å². The molecule has 2 aromatic rings. The van der Waals surface area contributed by atoms with E-state index in [2.05, 4.69) is 17.5 Å². The summed E-state index contributed by atoms with van der Waals surface area (Å²) in [6.07, 6.45) is 6.29. The molecule has 0 spiro atoms. The topological polar surface area (TPSA) is 103 Å². The van der Waals surface area contributed by atoms with E-state index < -0.39 is 4.92 Å². The second-order valence-electron chi connectivity index (χ2n) is 8.92. The number of non-ortho nitro benzene ring substituents is 1. The predicted octanol–water partition coefficient (Wildman–Crippen LogP) is 4.85. The number of hydrogen-bond acceptors (Lipinski definition) is 6. The van der Waals surface area contributed by atoms with Crippen LogP contribution in [0.5, 0.6) is 11.5 Å². The summed E-state index contributed by atoms with van der Waals surface area (Å²) in [5.74, 6) is 1.71. The van der Waals surface area contributed by atoms with Gasteiger partial charge >= 0.3 is 0 Å². The zero-order valence-electron chi connectivity index (χ0n) is 19.0. The monoisotopic (exact) mass is 451 g/mol. The Morgan fingerprint density at radius 2 is 2.00 bits per heavy atom. The summed E-state index contributed by atoms with van der Waals surface area (Å²) in [5.41, 5.74) is 4.50. The van der Waals surface area contributed by atoms with Crippen molar-refractivity contribution >= 4 is 17.8 Å². The number of hydrogen-bond donors (Lipinski definition) is 1. The van der Waals surface area contributed by atoms with Gasteiger partial charge in [-0.2, -0.15) is 5.10 Å². The average molecular weight is 452 g/mol. The van der Waals surface area contributed by atoms with Crippen LogP contribution in [0, 0.1) is 27.4 Å². The van der Waals surface area contributed by atoms with Crippen molar-refractivity contribution in [3.8, 4) is 11.5 Å². The van der Waals surface area contributed by atoms with Crippen LogP contribution in [0.25, 0.3) is 0 Å². The zero-order chi connectivity index (χ0) is 23.4. The van der Waals surface area contributed by atoms with E-state index >= 15 is 0 Å². The fourth-order valence-corrected chi connectivity index (χ4v) is 4.96. The van der Waals surface area contributed by atoms with E-state index in [1.165, 1.54) is 25.0 Å². The van der Waals surface area contributed by atoms with E-state index in [0.717, 1.165) is 24.0 Å². The SMILES string of the molecule is CCOc1cc(/C=N/NC(=O)[C@@H]2[C@@H]3CCCC[C@]23C)ccc1OCc1ccc([N+](=O)[O-])cc1. The van der Waals surface area contributed by atoms with Gasteiger partial charge in [-0.05, 0) is 72.6 Å². The first-order valence-electron chi connectivity index (χ1n) is 11.4. The van der Waals surface area contributed by atoms with Gasteiger partial charge in [0, 0.05) is 18.1 Å². The van der Waals surface area contributed by atoms with Crippen LogP contribution < -0.4 is 14.9 Å². The van der Waals surface area contributed by atoms with Crippen LogP contribution in [0.2, 0.25) is 0 Å². The molecule has 2 aliphatic rings. The minimum Gasteiger partial charge on any atom is -0.490 e. The Hall–Kier alpha value is -3.42. The third-order valence-corrected chi connectivity index (χ3v) is 6.81. The maximum Gasteiger partial charge on any atom is 0.269 e. The number of nitrogens with zero attached hydrogens (tertiary/aromatic N) is 2. The van der Waals surface area contributed by atoms with Gasteiger partial charge in [0.2, 0.25) is 5.91 Å². The van der Waals surface area contributed by atoms with Crippen molar-refractivity contribution in [2.45, 2.75) is 46.1 Å². The van der Waals surface area contributed by atoms with E-state index in [4.69, 9.17) is 9.47 Å². The van der Waals surface area contributed by atoms with Gasteiger partial charge in [-0.15, -0.1) is 0 Å². The van der Waals surface area contributed by atoms with Gasteiger partial charge in [0.1, 0.15) is 6.61 Å². The Balaban J connectivity index is 1.36. The summed E-state index contributed by atoms with van der Waals surface area (Å²) in [6, 6.07) is 11.7. The van der Waals surface area contributed by atoms with Crippen molar-refractivity contribution in [3.63, 3.8) is 0 Å². The smallest absolute Gasteiger partial charge is 0.269 e. The molecule has 0 unspecified atom stereocenters. The molecule has 2 fully saturated rings. The summed E-state index contributed by atoms with van der Waals surface area (Å²) in [4.78, 5) is 22.9. The Morgan fingerprint density at radius 1 is 1.21 bits per heavy atom. The molecule has 0 aliphatic heterocycles. The fourth-order valence-electron chi connectivity index (χ4n) is 4.96. The van der Waals surface area contributed by atoms with Crippen LogP contribution in [0.3, 0.4) is 0 Å². The fraction of sp³-hybridized carbons (Fsp3) is 0.440. The van der Waals surface area contributed by atoms with E-state index in [1.54, 1.807) is 24.4 Å². The first kappa shape index (κ1) is 22.8. The highest BCUT2D eigenvalue weighted by Crippen LogP contribution is 2.66. The number of nitro benzene ring substituents is 1. The summed E-state index contributed by atoms with van der Waals surface area (Å²) in [6.45, 7) is 4.82. The Kier molecular flexibility index (Phi) is 6.62. The number of carbonyl (C=O) groups excluding carboxylic acids is 1. The Labute approximate surface area is 193 Å². The van der Waals surface area contributed by atoms with E-state index in [-0.39, 0.29) is 29.5 Å². The third kappa shape index (κ3) is 4.99. The van der Waals surface area contributed by atoms with Crippen LogP contribution >= 0.6 is 0 Å². The third-order valence-electron chi connectivity index (χ3n) is 6.81. The maximum atomic E-state index is 12.6. The molecule has 4 rings (SSSR count). The largest absolute Gasteiger partial charge is 0.490 e. The molecule has 33 heavy (non-hydrogen) atoms. The normalized spacial score (nSPS) is 23.6. The molecule has 8 heteroatoms. The molecule has 3 atom stereocenters. The second kappa shape index (κ2) is 9.60. The first-order valence-corrected chi connectivity index (χ1v) is 11.4. The molecule has 0 radical (unpaired) electrons. The average Bonchev–Trinajstić information content (AvgIpc) is 3.44. The van der Waals surface area contributed by atoms with E-state index in [9.17, 15) is 14.9 Å². The molecule has 1 amide bonds. The Bertz CT molecular complexity index is 1050. The Morgan fingerprint density at radius 3 is 2.67 bits per heavy atom. The van der Waals surface area contributed by atoms with Gasteiger partial charge in [-0.25, -0.2) is 5.43 Å². The predicted molar refractivity (Wildman–Crippen MR) is 124 cm³/mol. The second-order valence-corrected chi connectivity index (χ2v) is 8.92. The number of nitro groups is 1. The van der Waals surface area contributed by atoms with Crippen molar-refractivity contribution in [2.24, 2.45) is 22.4 Å². The first-order chi connectivity index (χ1) is 15.9. The molecule has 8 nitrogen and oxygen atoms in total. The van der Waals surface area contributed by atoms with Crippen LogP contribution in [-0.4, -0.2) is 23.7 Å². The lowest BCUT2D eigenvalue weighted by Crippen LogP contribution is -2.22. The number of nitrogens with one attached hydrogen (secondary N) is 1. The van der Waals surface area contributed by atoms with Crippen LogP contribution in [0.1, 0.15) is 50.7 Å². The van der Waals surface area contributed by atoms with Crippen molar-refractivity contribution in [3.05, 3.63) is 63.7 Å². The lowest BCUT2D eigenvalue weighted by Gasteiger charge is -2.15. The highest BCUT2D eigenvalue weighted by molar-refractivity contribution is 5.86. The minimum absolute atomic E-state index is 0.00809. The number of hydrazone groups is 1. The minimum atomic E-state index is -0.432. The molecular formula is C25H29N3O5. The molecule has 1 N–H and O–H groups in total. The number of carbonyl (C=O) groups is 1. The summed E-state index contributed by atoms with van der Waals surface area (Å²) >= 11 is 0. The van der Waals surface area contributed by atoms with Crippen LogP contribution in [0.15, 0.2) is 47.6 Å². The number of rotatable bonds is 9. The van der Waals surface area contributed by atoms with Gasteiger partial charge < -0.3 is 9.47 Å².